The number of hydrogen-bond acceptors (Lipinski definition) is 2. The number of rotatable bonds is 10. The van der Waals surface area contributed by atoms with Crippen molar-refractivity contribution in [3.05, 3.63) is 0 Å². The topological polar surface area (TPSA) is 18.5 Å². The summed E-state index contributed by atoms with van der Waals surface area (Å²) in [6.07, 6.45) is 5.09. The van der Waals surface area contributed by atoms with Crippen LogP contribution in [0.25, 0.3) is 0 Å². The van der Waals surface area contributed by atoms with Gasteiger partial charge in [0.05, 0.1) is 0 Å². The quantitative estimate of drug-likeness (QED) is 0.428. The molecule has 0 aromatic rings. The molecule has 0 heterocycles. The summed E-state index contributed by atoms with van der Waals surface area (Å²) in [6, 6.07) is 0. The summed E-state index contributed by atoms with van der Waals surface area (Å²) in [4.78, 5) is 0. The molecule has 0 amide bonds. The molecule has 0 aliphatic carbocycles. The van der Waals surface area contributed by atoms with E-state index in [0.717, 1.165) is 0 Å². The first-order valence-electron chi connectivity index (χ1n) is 7.94. The van der Waals surface area contributed by atoms with Crippen LogP contribution in [-0.2, 0) is 5.53 Å². The van der Waals surface area contributed by atoms with Crippen molar-refractivity contribution in [1.29, 1.82) is 0 Å². The van der Waals surface area contributed by atoms with Crippen LogP contribution in [0.1, 0.15) is 39.5 Å². The third kappa shape index (κ3) is 10.5. The molecule has 0 atom stereocenters. The summed E-state index contributed by atoms with van der Waals surface area (Å²) in [5, 5.41) is 0. The molecule has 0 fully saturated rings. The Balaban J connectivity index is 5.06. The van der Waals surface area contributed by atoms with Gasteiger partial charge in [-0.2, -0.15) is 0 Å². The molecule has 0 aromatic heterocycles. The van der Waals surface area contributed by atoms with Crippen LogP contribution in [0.2, 0.25) is 48.2 Å². The molecular formula is C14H36O2Si2Sn. The zero-order valence-corrected chi connectivity index (χ0v) is 19.4. The molecule has 0 unspecified atom stereocenters. The van der Waals surface area contributed by atoms with E-state index in [4.69, 9.17) is 5.53 Å². The van der Waals surface area contributed by atoms with Gasteiger partial charge in [0.15, 0.2) is 0 Å². The minimum absolute atomic E-state index is 1.26. The van der Waals surface area contributed by atoms with Gasteiger partial charge in [-0.3, -0.25) is 0 Å². The normalized spacial score (nSPS) is 13.9. The van der Waals surface area contributed by atoms with Crippen LogP contribution in [-0.4, -0.2) is 35.8 Å². The minimum atomic E-state index is -2.85. The Morgan fingerprint density at radius 1 is 0.684 bits per heavy atom. The van der Waals surface area contributed by atoms with Gasteiger partial charge in [0.1, 0.15) is 0 Å². The monoisotopic (exact) mass is 412 g/mol. The molecular weight excluding hydrogens is 375 g/mol. The first-order chi connectivity index (χ1) is 8.54. The summed E-state index contributed by atoms with van der Waals surface area (Å²) in [7, 11) is -3.00. The van der Waals surface area contributed by atoms with E-state index in [2.05, 4.69) is 53.1 Å². The third-order valence-electron chi connectivity index (χ3n) is 2.81. The van der Waals surface area contributed by atoms with Gasteiger partial charge in [0, 0.05) is 0 Å². The molecule has 0 N–H and O–H groups in total. The van der Waals surface area contributed by atoms with E-state index in [1.165, 1.54) is 34.6 Å². The predicted molar refractivity (Wildman–Crippen MR) is 94.0 cm³/mol. The molecule has 0 radical (unpaired) electrons. The second kappa shape index (κ2) is 8.56. The van der Waals surface area contributed by atoms with Crippen LogP contribution < -0.4 is 0 Å². The van der Waals surface area contributed by atoms with Gasteiger partial charge in [-0.25, -0.2) is 0 Å². The van der Waals surface area contributed by atoms with E-state index in [1.54, 1.807) is 0 Å². The van der Waals surface area contributed by atoms with Crippen molar-refractivity contribution in [3.8, 4) is 0 Å². The first kappa shape index (κ1) is 20.2. The molecule has 2 nitrogen and oxygen atoms in total. The SMILES string of the molecule is CCC[CH2][Sn]([CH2]CCC)([O][Si](C)(C)C)[O][Si](C)(C)C. The Bertz CT molecular complexity index is 221. The first-order valence-corrected chi connectivity index (χ1v) is 21.1. The molecule has 0 saturated carbocycles. The number of unbranched alkanes of at least 4 members (excludes halogenated alkanes) is 2. The summed E-state index contributed by atoms with van der Waals surface area (Å²) in [5.74, 6) is 0. The van der Waals surface area contributed by atoms with Gasteiger partial charge in [-0.05, 0) is 0 Å². The van der Waals surface area contributed by atoms with Crippen LogP contribution >= 0.6 is 0 Å². The van der Waals surface area contributed by atoms with Gasteiger partial charge >= 0.3 is 129 Å². The van der Waals surface area contributed by atoms with Crippen molar-refractivity contribution in [2.45, 2.75) is 87.7 Å². The average Bonchev–Trinajstić information content (AvgIpc) is 2.19. The van der Waals surface area contributed by atoms with Gasteiger partial charge in [-0.1, -0.05) is 0 Å². The molecule has 0 aliphatic rings. The zero-order chi connectivity index (χ0) is 15.2. The van der Waals surface area contributed by atoms with E-state index < -0.39 is 35.8 Å². The van der Waals surface area contributed by atoms with E-state index in [0.29, 0.717) is 0 Å². The summed E-state index contributed by atoms with van der Waals surface area (Å²) >= 11 is -2.85. The Labute approximate surface area is 128 Å². The van der Waals surface area contributed by atoms with E-state index in [1.807, 2.05) is 0 Å². The Hall–Kier alpha value is 1.15. The van der Waals surface area contributed by atoms with E-state index >= 15 is 0 Å². The summed E-state index contributed by atoms with van der Waals surface area (Å²) < 4.78 is 16.1. The molecule has 0 spiro atoms. The van der Waals surface area contributed by atoms with Crippen LogP contribution in [0, 0.1) is 0 Å². The van der Waals surface area contributed by atoms with Gasteiger partial charge in [0.25, 0.3) is 0 Å². The van der Waals surface area contributed by atoms with Gasteiger partial charge in [-0.15, -0.1) is 0 Å². The van der Waals surface area contributed by atoms with Crippen LogP contribution in [0.5, 0.6) is 0 Å². The maximum absolute atomic E-state index is 6.77. The van der Waals surface area contributed by atoms with Crippen molar-refractivity contribution in [3.63, 3.8) is 0 Å². The van der Waals surface area contributed by atoms with Crippen molar-refractivity contribution in [1.82, 2.24) is 0 Å². The molecule has 19 heavy (non-hydrogen) atoms. The Morgan fingerprint density at radius 2 is 1.00 bits per heavy atom. The average molecular weight is 411 g/mol. The zero-order valence-electron chi connectivity index (χ0n) is 14.6. The fourth-order valence-electron chi connectivity index (χ4n) is 2.36. The molecule has 0 saturated heterocycles. The standard InChI is InChI=1S/2C4H9.2C3H9OSi.Sn/c2*1-3-4-2;2*1-5(2,3)4;/h2*1,3-4H2,2H3;2*1-3H3;/q;;2*-1;+2. The summed E-state index contributed by atoms with van der Waals surface area (Å²) in [6.45, 7) is 18.5. The van der Waals surface area contributed by atoms with E-state index in [9.17, 15) is 0 Å². The predicted octanol–water partition coefficient (Wildman–Crippen LogP) is 5.73. The maximum atomic E-state index is 6.77. The van der Waals surface area contributed by atoms with Gasteiger partial charge in [0.2, 0.25) is 0 Å². The van der Waals surface area contributed by atoms with Crippen LogP contribution in [0.4, 0.5) is 0 Å². The van der Waals surface area contributed by atoms with Crippen molar-refractivity contribution in [2.75, 3.05) is 0 Å². The fraction of sp³-hybridized carbons (Fsp3) is 1.00. The Kier molecular flexibility index (Phi) is 9.08. The number of hydrogen-bond donors (Lipinski definition) is 0. The molecule has 0 rings (SSSR count). The van der Waals surface area contributed by atoms with Crippen LogP contribution in [0.15, 0.2) is 0 Å². The molecule has 0 aliphatic heterocycles. The second-order valence-corrected chi connectivity index (χ2v) is 28.0. The fourth-order valence-corrected chi connectivity index (χ4v) is 34.6. The third-order valence-corrected chi connectivity index (χ3v) is 28.0. The second-order valence-electron chi connectivity index (χ2n) is 7.55. The molecule has 116 valence electrons. The van der Waals surface area contributed by atoms with Gasteiger partial charge < -0.3 is 0 Å². The van der Waals surface area contributed by atoms with E-state index in [-0.39, 0.29) is 0 Å². The molecule has 0 bridgehead atoms. The molecule has 5 heteroatoms. The molecule has 0 aromatic carbocycles. The Morgan fingerprint density at radius 3 is 1.21 bits per heavy atom. The van der Waals surface area contributed by atoms with Crippen molar-refractivity contribution in [2.24, 2.45) is 0 Å². The summed E-state index contributed by atoms with van der Waals surface area (Å²) in [5.41, 5.74) is 0. The van der Waals surface area contributed by atoms with Crippen molar-refractivity contribution >= 4 is 35.8 Å². The van der Waals surface area contributed by atoms with Crippen molar-refractivity contribution < 1.29 is 5.53 Å². The van der Waals surface area contributed by atoms with Crippen LogP contribution in [0.3, 0.4) is 0 Å².